The molecule has 0 bridgehead atoms. The zero-order valence-corrected chi connectivity index (χ0v) is 10.2. The lowest BCUT2D eigenvalue weighted by atomic mass is 10.1. The van der Waals surface area contributed by atoms with Crippen LogP contribution in [0.3, 0.4) is 0 Å². The van der Waals surface area contributed by atoms with E-state index in [1.165, 1.54) is 0 Å². The summed E-state index contributed by atoms with van der Waals surface area (Å²) in [5, 5.41) is 0. The first-order valence-electron chi connectivity index (χ1n) is 5.60. The third kappa shape index (κ3) is 2.98. The van der Waals surface area contributed by atoms with Gasteiger partial charge in [0.05, 0.1) is 12.3 Å². The van der Waals surface area contributed by atoms with Crippen molar-refractivity contribution in [2.75, 3.05) is 18.1 Å². The summed E-state index contributed by atoms with van der Waals surface area (Å²) in [5.41, 5.74) is 11.9. The predicted octanol–water partition coefficient (Wildman–Crippen LogP) is 1.76. The van der Waals surface area contributed by atoms with Gasteiger partial charge in [-0.25, -0.2) is 4.98 Å². The number of hydrogen-bond donors (Lipinski definition) is 2. The Morgan fingerprint density at radius 3 is 2.31 bits per heavy atom. The number of nitrogens with zero attached hydrogens (tertiary/aromatic N) is 2. The fourth-order valence-corrected chi connectivity index (χ4v) is 1.51. The largest absolute Gasteiger partial charge is 0.488 e. The van der Waals surface area contributed by atoms with E-state index in [1.807, 2.05) is 6.92 Å². The van der Waals surface area contributed by atoms with Crippen molar-refractivity contribution in [1.82, 2.24) is 9.97 Å². The summed E-state index contributed by atoms with van der Waals surface area (Å²) in [4.78, 5) is 7.91. The topological polar surface area (TPSA) is 87.0 Å². The quantitative estimate of drug-likeness (QED) is 0.795. The normalized spacial score (nSPS) is 10.8. The van der Waals surface area contributed by atoms with Gasteiger partial charge in [-0.3, -0.25) is 0 Å². The highest BCUT2D eigenvalue weighted by atomic mass is 16.5. The molecule has 0 saturated heterocycles. The molecule has 0 aliphatic rings. The summed E-state index contributed by atoms with van der Waals surface area (Å²) in [6, 6.07) is 0. The first-order valence-corrected chi connectivity index (χ1v) is 5.60. The summed E-state index contributed by atoms with van der Waals surface area (Å²) in [6.45, 7) is 6.75. The maximum Gasteiger partial charge on any atom is 0.222 e. The Labute approximate surface area is 96.2 Å². The molecule has 5 nitrogen and oxygen atoms in total. The second-order valence-corrected chi connectivity index (χ2v) is 3.88. The van der Waals surface area contributed by atoms with Gasteiger partial charge in [-0.15, -0.1) is 0 Å². The van der Waals surface area contributed by atoms with Crippen LogP contribution in [0.5, 0.6) is 5.75 Å². The molecule has 0 unspecified atom stereocenters. The predicted molar refractivity (Wildman–Crippen MR) is 65.2 cm³/mol. The molecule has 0 saturated carbocycles. The molecule has 16 heavy (non-hydrogen) atoms. The zero-order valence-electron chi connectivity index (χ0n) is 10.2. The minimum atomic E-state index is 0.185. The van der Waals surface area contributed by atoms with Crippen molar-refractivity contribution in [2.24, 2.45) is 5.92 Å². The van der Waals surface area contributed by atoms with Gasteiger partial charge >= 0.3 is 0 Å². The van der Waals surface area contributed by atoms with E-state index >= 15 is 0 Å². The van der Waals surface area contributed by atoms with E-state index in [9.17, 15) is 0 Å². The van der Waals surface area contributed by atoms with Crippen LogP contribution in [-0.4, -0.2) is 16.6 Å². The third-order valence-corrected chi connectivity index (χ3v) is 2.70. The van der Waals surface area contributed by atoms with Crippen LogP contribution >= 0.6 is 0 Å². The fraction of sp³-hybridized carbons (Fsp3) is 0.636. The SMILES string of the molecule is CCC(CC)COc1c(C)nc(N)nc1N. The molecule has 0 aliphatic carbocycles. The van der Waals surface area contributed by atoms with Gasteiger partial charge in [0, 0.05) is 0 Å². The molecule has 1 aromatic heterocycles. The Morgan fingerprint density at radius 1 is 1.19 bits per heavy atom. The van der Waals surface area contributed by atoms with Crippen molar-refractivity contribution in [3.63, 3.8) is 0 Å². The second kappa shape index (κ2) is 5.53. The lowest BCUT2D eigenvalue weighted by Gasteiger charge is -2.15. The molecule has 0 fully saturated rings. The average Bonchev–Trinajstić information content (AvgIpc) is 2.22. The van der Waals surface area contributed by atoms with E-state index in [0.717, 1.165) is 12.8 Å². The Hall–Kier alpha value is -1.52. The van der Waals surface area contributed by atoms with E-state index in [-0.39, 0.29) is 5.95 Å². The Balaban J connectivity index is 2.74. The van der Waals surface area contributed by atoms with Crippen molar-refractivity contribution in [3.8, 4) is 5.75 Å². The highest BCUT2D eigenvalue weighted by molar-refractivity contribution is 5.51. The van der Waals surface area contributed by atoms with Crippen LogP contribution in [0.4, 0.5) is 11.8 Å². The minimum absolute atomic E-state index is 0.185. The van der Waals surface area contributed by atoms with Crippen LogP contribution in [0.1, 0.15) is 32.4 Å². The zero-order chi connectivity index (χ0) is 12.1. The molecule has 0 amide bonds. The van der Waals surface area contributed by atoms with E-state index in [1.54, 1.807) is 0 Å². The van der Waals surface area contributed by atoms with E-state index in [4.69, 9.17) is 16.2 Å². The molecular weight excluding hydrogens is 204 g/mol. The van der Waals surface area contributed by atoms with Gasteiger partial charge in [-0.1, -0.05) is 26.7 Å². The number of aryl methyl sites for hydroxylation is 1. The lowest BCUT2D eigenvalue weighted by molar-refractivity contribution is 0.239. The van der Waals surface area contributed by atoms with Crippen molar-refractivity contribution < 1.29 is 4.74 Å². The molecule has 1 aromatic rings. The fourth-order valence-electron chi connectivity index (χ4n) is 1.51. The van der Waals surface area contributed by atoms with Gasteiger partial charge in [0.1, 0.15) is 0 Å². The number of anilines is 2. The van der Waals surface area contributed by atoms with Gasteiger partial charge in [0.25, 0.3) is 0 Å². The number of nitrogen functional groups attached to an aromatic ring is 2. The first-order chi connectivity index (χ1) is 7.58. The molecule has 1 rings (SSSR count). The van der Waals surface area contributed by atoms with Gasteiger partial charge in [0.15, 0.2) is 11.6 Å². The first kappa shape index (κ1) is 12.5. The van der Waals surface area contributed by atoms with Crippen LogP contribution in [-0.2, 0) is 0 Å². The standard InChI is InChI=1S/C11H20N4O/c1-4-8(5-2)6-16-9-7(3)14-11(13)15-10(9)12/h8H,4-6H2,1-3H3,(H4,12,13,14,15). The monoisotopic (exact) mass is 224 g/mol. The number of aromatic nitrogens is 2. The molecule has 4 N–H and O–H groups in total. The molecule has 0 atom stereocenters. The smallest absolute Gasteiger partial charge is 0.222 e. The number of rotatable bonds is 5. The maximum atomic E-state index is 5.74. The van der Waals surface area contributed by atoms with Gasteiger partial charge in [-0.05, 0) is 12.8 Å². The third-order valence-electron chi connectivity index (χ3n) is 2.70. The van der Waals surface area contributed by atoms with Gasteiger partial charge in [-0.2, -0.15) is 4.98 Å². The van der Waals surface area contributed by atoms with E-state index < -0.39 is 0 Å². The maximum absolute atomic E-state index is 5.74. The highest BCUT2D eigenvalue weighted by Gasteiger charge is 2.11. The molecule has 0 spiro atoms. The van der Waals surface area contributed by atoms with E-state index in [2.05, 4.69) is 23.8 Å². The molecule has 0 aromatic carbocycles. The molecule has 0 aliphatic heterocycles. The Bertz CT molecular complexity index is 327. The second-order valence-electron chi connectivity index (χ2n) is 3.88. The minimum Gasteiger partial charge on any atom is -0.488 e. The van der Waals surface area contributed by atoms with Crippen molar-refractivity contribution >= 4 is 11.8 Å². The van der Waals surface area contributed by atoms with Crippen molar-refractivity contribution in [1.29, 1.82) is 0 Å². The van der Waals surface area contributed by atoms with Crippen LogP contribution in [0, 0.1) is 12.8 Å². The Morgan fingerprint density at radius 2 is 1.81 bits per heavy atom. The average molecular weight is 224 g/mol. The van der Waals surface area contributed by atoms with Crippen molar-refractivity contribution in [3.05, 3.63) is 5.69 Å². The Kier molecular flexibility index (Phi) is 4.34. The van der Waals surface area contributed by atoms with Crippen LogP contribution in [0.2, 0.25) is 0 Å². The summed E-state index contributed by atoms with van der Waals surface area (Å²) < 4.78 is 5.66. The molecule has 0 radical (unpaired) electrons. The summed E-state index contributed by atoms with van der Waals surface area (Å²) in [5.74, 6) is 1.60. The van der Waals surface area contributed by atoms with Crippen LogP contribution in [0.15, 0.2) is 0 Å². The summed E-state index contributed by atoms with van der Waals surface area (Å²) in [6.07, 6.45) is 2.18. The molecule has 5 heteroatoms. The van der Waals surface area contributed by atoms with Gasteiger partial charge in [0.2, 0.25) is 5.95 Å². The van der Waals surface area contributed by atoms with Gasteiger partial charge < -0.3 is 16.2 Å². The van der Waals surface area contributed by atoms with Crippen LogP contribution < -0.4 is 16.2 Å². The number of hydrogen-bond acceptors (Lipinski definition) is 5. The summed E-state index contributed by atoms with van der Waals surface area (Å²) in [7, 11) is 0. The van der Waals surface area contributed by atoms with E-state index in [0.29, 0.717) is 29.8 Å². The number of nitrogens with two attached hydrogens (primary N) is 2. The van der Waals surface area contributed by atoms with Crippen molar-refractivity contribution in [2.45, 2.75) is 33.6 Å². The lowest BCUT2D eigenvalue weighted by Crippen LogP contribution is -2.13. The highest BCUT2D eigenvalue weighted by Crippen LogP contribution is 2.24. The summed E-state index contributed by atoms with van der Waals surface area (Å²) >= 11 is 0. The van der Waals surface area contributed by atoms with Crippen LogP contribution in [0.25, 0.3) is 0 Å². The molecular formula is C11H20N4O. The molecule has 1 heterocycles. The number of ether oxygens (including phenoxy) is 1. The molecule has 90 valence electrons.